The quantitative estimate of drug-likeness (QED) is 0.904. The molecule has 1 amide bonds. The van der Waals surface area contributed by atoms with Gasteiger partial charge < -0.3 is 10.5 Å². The smallest absolute Gasteiger partial charge is 0.280 e. The molecule has 2 aromatic rings. The maximum absolute atomic E-state index is 12.5. The lowest BCUT2D eigenvalue weighted by Gasteiger charge is -2.10. The van der Waals surface area contributed by atoms with Gasteiger partial charge in [-0.15, -0.1) is 0 Å². The first-order valence-electron chi connectivity index (χ1n) is 7.14. The molecule has 1 heterocycles. The fourth-order valence-corrected chi connectivity index (χ4v) is 2.39. The fourth-order valence-electron chi connectivity index (χ4n) is 2.39. The van der Waals surface area contributed by atoms with E-state index in [2.05, 4.69) is 5.10 Å². The Morgan fingerprint density at radius 2 is 2.05 bits per heavy atom. The summed E-state index contributed by atoms with van der Waals surface area (Å²) in [6, 6.07) is 7.06. The molecule has 3 rings (SSSR count). The molecule has 114 valence electrons. The van der Waals surface area contributed by atoms with Gasteiger partial charge in [0.1, 0.15) is 11.3 Å². The van der Waals surface area contributed by atoms with Gasteiger partial charge in [-0.25, -0.2) is 4.68 Å². The van der Waals surface area contributed by atoms with Crippen LogP contribution < -0.4 is 16.0 Å². The zero-order valence-corrected chi connectivity index (χ0v) is 12.3. The summed E-state index contributed by atoms with van der Waals surface area (Å²) in [4.78, 5) is 24.2. The van der Waals surface area contributed by atoms with Crippen molar-refractivity contribution in [1.82, 2.24) is 9.78 Å². The number of benzene rings is 1. The third kappa shape index (κ3) is 2.72. The molecule has 0 saturated heterocycles. The van der Waals surface area contributed by atoms with Crippen LogP contribution in [-0.2, 0) is 6.54 Å². The minimum Gasteiger partial charge on any atom is -0.497 e. The van der Waals surface area contributed by atoms with Crippen LogP contribution in [0.2, 0.25) is 0 Å². The Labute approximate surface area is 127 Å². The van der Waals surface area contributed by atoms with E-state index < -0.39 is 11.5 Å². The maximum Gasteiger partial charge on any atom is 0.280 e. The summed E-state index contributed by atoms with van der Waals surface area (Å²) in [5, 5.41) is 4.19. The number of methoxy groups -OCH3 is 1. The van der Waals surface area contributed by atoms with Gasteiger partial charge in [-0.3, -0.25) is 9.59 Å². The van der Waals surface area contributed by atoms with Crippen molar-refractivity contribution >= 4 is 5.91 Å². The van der Waals surface area contributed by atoms with Crippen LogP contribution in [-0.4, -0.2) is 22.8 Å². The van der Waals surface area contributed by atoms with Crippen molar-refractivity contribution in [2.24, 2.45) is 11.7 Å². The highest BCUT2D eigenvalue weighted by Gasteiger charge is 2.25. The van der Waals surface area contributed by atoms with Gasteiger partial charge in [0.05, 0.1) is 13.3 Å². The lowest BCUT2D eigenvalue weighted by Crippen LogP contribution is -2.32. The molecular formula is C16H17N3O3. The third-order valence-corrected chi connectivity index (χ3v) is 3.82. The summed E-state index contributed by atoms with van der Waals surface area (Å²) in [5.74, 6) is 0.444. The fraction of sp³-hybridized carbons (Fsp3) is 0.312. The van der Waals surface area contributed by atoms with Crippen molar-refractivity contribution in [2.75, 3.05) is 7.11 Å². The van der Waals surface area contributed by atoms with E-state index in [1.165, 1.54) is 10.9 Å². The van der Waals surface area contributed by atoms with Crippen LogP contribution >= 0.6 is 0 Å². The van der Waals surface area contributed by atoms with Crippen LogP contribution in [0, 0.1) is 5.92 Å². The molecule has 2 N–H and O–H groups in total. The van der Waals surface area contributed by atoms with Crippen LogP contribution in [0.4, 0.5) is 0 Å². The summed E-state index contributed by atoms with van der Waals surface area (Å²) in [7, 11) is 1.57. The third-order valence-electron chi connectivity index (χ3n) is 3.82. The highest BCUT2D eigenvalue weighted by atomic mass is 16.5. The number of hydrogen-bond donors (Lipinski definition) is 1. The summed E-state index contributed by atoms with van der Waals surface area (Å²) in [6.45, 7) is 0.544. The van der Waals surface area contributed by atoms with E-state index in [1.807, 2.05) is 0 Å². The van der Waals surface area contributed by atoms with E-state index in [1.54, 1.807) is 31.4 Å². The van der Waals surface area contributed by atoms with Crippen LogP contribution in [0.1, 0.15) is 23.2 Å². The van der Waals surface area contributed by atoms with Crippen molar-refractivity contribution in [3.05, 3.63) is 46.4 Å². The monoisotopic (exact) mass is 299 g/mol. The topological polar surface area (TPSA) is 87.2 Å². The Morgan fingerprint density at radius 1 is 1.36 bits per heavy atom. The molecule has 1 aliphatic rings. The number of hydrogen-bond acceptors (Lipinski definition) is 4. The Bertz CT molecular complexity index is 761. The zero-order valence-electron chi connectivity index (χ0n) is 12.3. The molecule has 6 nitrogen and oxygen atoms in total. The number of nitrogens with zero attached hydrogens (tertiary/aromatic N) is 2. The van der Waals surface area contributed by atoms with Gasteiger partial charge in [0.2, 0.25) is 0 Å². The van der Waals surface area contributed by atoms with Gasteiger partial charge in [0.15, 0.2) is 0 Å². The molecule has 22 heavy (non-hydrogen) atoms. The number of primary amides is 1. The van der Waals surface area contributed by atoms with Crippen LogP contribution in [0.3, 0.4) is 0 Å². The molecule has 0 bridgehead atoms. The predicted octanol–water partition coefficient (Wildman–Crippen LogP) is 1.43. The Hall–Kier alpha value is -2.63. The molecule has 1 aliphatic carbocycles. The van der Waals surface area contributed by atoms with Gasteiger partial charge in [0, 0.05) is 12.1 Å². The van der Waals surface area contributed by atoms with Crippen molar-refractivity contribution in [3.63, 3.8) is 0 Å². The predicted molar refractivity (Wildman–Crippen MR) is 81.7 cm³/mol. The minimum absolute atomic E-state index is 0.0131. The summed E-state index contributed by atoms with van der Waals surface area (Å²) in [5.41, 5.74) is 6.14. The summed E-state index contributed by atoms with van der Waals surface area (Å²) < 4.78 is 6.44. The number of amides is 1. The Kier molecular flexibility index (Phi) is 3.66. The molecule has 0 unspecified atom stereocenters. The molecule has 1 aromatic carbocycles. The van der Waals surface area contributed by atoms with Gasteiger partial charge in [-0.1, -0.05) is 12.1 Å². The molecule has 1 saturated carbocycles. The van der Waals surface area contributed by atoms with Gasteiger partial charge in [-0.2, -0.15) is 5.10 Å². The Morgan fingerprint density at radius 3 is 2.59 bits per heavy atom. The first-order chi connectivity index (χ1) is 10.6. The average Bonchev–Trinajstić information content (AvgIpc) is 3.33. The van der Waals surface area contributed by atoms with E-state index in [4.69, 9.17) is 10.5 Å². The first-order valence-corrected chi connectivity index (χ1v) is 7.14. The number of aromatic nitrogens is 2. The second kappa shape index (κ2) is 5.63. The summed E-state index contributed by atoms with van der Waals surface area (Å²) >= 11 is 0. The minimum atomic E-state index is -0.734. The molecule has 0 aliphatic heterocycles. The molecule has 1 fully saturated rings. The lowest BCUT2D eigenvalue weighted by molar-refractivity contribution is 0.0998. The SMILES string of the molecule is COc1ccc(-c2cnn(CC3CC3)c(=O)c2C(N)=O)cc1. The normalized spacial score (nSPS) is 13.9. The highest BCUT2D eigenvalue weighted by molar-refractivity contribution is 5.99. The van der Waals surface area contributed by atoms with Gasteiger partial charge >= 0.3 is 0 Å². The van der Waals surface area contributed by atoms with Gasteiger partial charge in [-0.05, 0) is 36.5 Å². The number of ether oxygens (including phenoxy) is 1. The molecule has 0 spiro atoms. The largest absolute Gasteiger partial charge is 0.497 e. The average molecular weight is 299 g/mol. The maximum atomic E-state index is 12.5. The van der Waals surface area contributed by atoms with Crippen molar-refractivity contribution < 1.29 is 9.53 Å². The van der Waals surface area contributed by atoms with E-state index in [-0.39, 0.29) is 5.56 Å². The van der Waals surface area contributed by atoms with E-state index in [0.717, 1.165) is 12.8 Å². The standard InChI is InChI=1S/C16H17N3O3/c1-22-12-6-4-11(5-7-12)13-8-18-19(9-10-2-3-10)16(21)14(13)15(17)20/h4-8,10H,2-3,9H2,1H3,(H2,17,20). The number of rotatable bonds is 5. The molecular weight excluding hydrogens is 282 g/mol. The van der Waals surface area contributed by atoms with Crippen molar-refractivity contribution in [2.45, 2.75) is 19.4 Å². The van der Waals surface area contributed by atoms with E-state index in [9.17, 15) is 9.59 Å². The highest BCUT2D eigenvalue weighted by Crippen LogP contribution is 2.30. The lowest BCUT2D eigenvalue weighted by atomic mass is 10.0. The Balaban J connectivity index is 2.07. The molecule has 6 heteroatoms. The molecule has 1 aromatic heterocycles. The number of carbonyl (C=O) groups excluding carboxylic acids is 1. The first kappa shape index (κ1) is 14.3. The van der Waals surface area contributed by atoms with Crippen LogP contribution in [0.25, 0.3) is 11.1 Å². The van der Waals surface area contributed by atoms with E-state index >= 15 is 0 Å². The second-order valence-corrected chi connectivity index (χ2v) is 5.46. The molecule has 0 atom stereocenters. The number of carbonyl (C=O) groups is 1. The summed E-state index contributed by atoms with van der Waals surface area (Å²) in [6.07, 6.45) is 3.73. The van der Waals surface area contributed by atoms with Crippen LogP contribution in [0.15, 0.2) is 35.3 Å². The van der Waals surface area contributed by atoms with Gasteiger partial charge in [0.25, 0.3) is 11.5 Å². The zero-order chi connectivity index (χ0) is 15.7. The molecule has 0 radical (unpaired) electrons. The second-order valence-electron chi connectivity index (χ2n) is 5.46. The number of nitrogens with two attached hydrogens (primary N) is 1. The van der Waals surface area contributed by atoms with Crippen molar-refractivity contribution in [3.8, 4) is 16.9 Å². The van der Waals surface area contributed by atoms with E-state index in [0.29, 0.717) is 29.3 Å². The van der Waals surface area contributed by atoms with Crippen LogP contribution in [0.5, 0.6) is 5.75 Å². The van der Waals surface area contributed by atoms with Crippen molar-refractivity contribution in [1.29, 1.82) is 0 Å².